The van der Waals surface area contributed by atoms with Crippen molar-refractivity contribution in [3.63, 3.8) is 0 Å². The van der Waals surface area contributed by atoms with Gasteiger partial charge >= 0.3 is 14.2 Å². The van der Waals surface area contributed by atoms with Gasteiger partial charge in [-0.15, -0.1) is 0 Å². The lowest BCUT2D eigenvalue weighted by atomic mass is 9.51. The molecule has 4 rings (SSSR count). The van der Waals surface area contributed by atoms with E-state index in [0.717, 1.165) is 5.56 Å². The SMILES string of the molecule is CC1(C)OB(C(/C=C/c2ccc(-c3ccccc3)cc2)B2OC(C)(C)C(C)(C)O2)OC1(C)C. The molecular formula is C27H36B2O4. The molecule has 0 unspecified atom stereocenters. The van der Waals surface area contributed by atoms with Crippen molar-refractivity contribution in [2.24, 2.45) is 0 Å². The van der Waals surface area contributed by atoms with Crippen LogP contribution in [0.25, 0.3) is 17.2 Å². The molecule has 2 aliphatic rings. The van der Waals surface area contributed by atoms with Gasteiger partial charge in [0.25, 0.3) is 0 Å². The molecule has 4 nitrogen and oxygen atoms in total. The third-order valence-corrected chi connectivity index (χ3v) is 7.70. The minimum Gasteiger partial charge on any atom is -0.403 e. The Labute approximate surface area is 200 Å². The summed E-state index contributed by atoms with van der Waals surface area (Å²) in [6.45, 7) is 16.6. The van der Waals surface area contributed by atoms with Gasteiger partial charge in [-0.05, 0) is 72.1 Å². The number of hydrogen-bond acceptors (Lipinski definition) is 4. The Morgan fingerprint density at radius 1 is 0.576 bits per heavy atom. The lowest BCUT2D eigenvalue weighted by Crippen LogP contribution is -2.41. The van der Waals surface area contributed by atoms with Crippen molar-refractivity contribution in [3.8, 4) is 11.1 Å². The highest BCUT2D eigenvalue weighted by atomic mass is 16.7. The first-order chi connectivity index (χ1) is 15.3. The van der Waals surface area contributed by atoms with E-state index in [2.05, 4.69) is 116 Å². The normalized spacial score (nSPS) is 23.1. The van der Waals surface area contributed by atoms with E-state index in [1.165, 1.54) is 11.1 Å². The molecule has 0 radical (unpaired) electrons. The first-order valence-corrected chi connectivity index (χ1v) is 11.9. The highest BCUT2D eigenvalue weighted by molar-refractivity contribution is 6.69. The monoisotopic (exact) mass is 446 g/mol. The summed E-state index contributed by atoms with van der Waals surface area (Å²) in [5.74, 6) is 0. The van der Waals surface area contributed by atoms with Crippen molar-refractivity contribution in [2.75, 3.05) is 0 Å². The minimum absolute atomic E-state index is 0.221. The summed E-state index contributed by atoms with van der Waals surface area (Å²) in [4.78, 5) is 0. The second-order valence-electron chi connectivity index (χ2n) is 11.2. The Kier molecular flexibility index (Phi) is 6.20. The van der Waals surface area contributed by atoms with E-state index in [0.29, 0.717) is 0 Å². The molecule has 0 amide bonds. The van der Waals surface area contributed by atoms with Crippen LogP contribution >= 0.6 is 0 Å². The minimum atomic E-state index is -0.468. The fourth-order valence-electron chi connectivity index (χ4n) is 4.04. The smallest absolute Gasteiger partial charge is 0.403 e. The molecule has 2 heterocycles. The van der Waals surface area contributed by atoms with Crippen LogP contribution in [0.15, 0.2) is 60.7 Å². The molecule has 33 heavy (non-hydrogen) atoms. The van der Waals surface area contributed by atoms with Crippen molar-refractivity contribution in [1.29, 1.82) is 0 Å². The van der Waals surface area contributed by atoms with Crippen LogP contribution in [0.1, 0.15) is 61.0 Å². The van der Waals surface area contributed by atoms with Gasteiger partial charge in [-0.2, -0.15) is 0 Å². The molecule has 0 aromatic heterocycles. The van der Waals surface area contributed by atoms with Gasteiger partial charge < -0.3 is 18.6 Å². The van der Waals surface area contributed by atoms with Crippen molar-refractivity contribution in [3.05, 3.63) is 66.2 Å². The Balaban J connectivity index is 1.60. The van der Waals surface area contributed by atoms with Crippen molar-refractivity contribution >= 4 is 20.3 Å². The summed E-state index contributed by atoms with van der Waals surface area (Å²) in [5, 5.41) is 0. The average Bonchev–Trinajstić information content (AvgIpc) is 3.08. The average molecular weight is 446 g/mol. The highest BCUT2D eigenvalue weighted by Gasteiger charge is 2.61. The standard InChI is InChI=1S/C27H36B2O4/c1-24(2)25(3,4)31-28(30-24)23(29-32-26(5,6)27(7,8)33-29)19-16-20-14-17-22(18-15-20)21-12-10-9-11-13-21/h9-19,23H,1-8H3/b19-16+. The molecule has 2 saturated heterocycles. The zero-order valence-electron chi connectivity index (χ0n) is 21.2. The number of benzene rings is 2. The summed E-state index contributed by atoms with van der Waals surface area (Å²) < 4.78 is 25.6. The first kappa shape index (κ1) is 24.3. The summed E-state index contributed by atoms with van der Waals surface area (Å²) in [6.07, 6.45) is 4.22. The lowest BCUT2D eigenvalue weighted by molar-refractivity contribution is 0.00578. The molecule has 0 saturated carbocycles. The lowest BCUT2D eigenvalue weighted by Gasteiger charge is -2.32. The van der Waals surface area contributed by atoms with Gasteiger partial charge in [-0.3, -0.25) is 0 Å². The summed E-state index contributed by atoms with van der Waals surface area (Å²) >= 11 is 0. The molecule has 0 spiro atoms. The van der Waals surface area contributed by atoms with Gasteiger partial charge in [0.15, 0.2) is 0 Å². The maximum Gasteiger partial charge on any atom is 0.462 e. The largest absolute Gasteiger partial charge is 0.462 e. The maximum atomic E-state index is 6.41. The van der Waals surface area contributed by atoms with Crippen LogP contribution in [0.4, 0.5) is 0 Å². The van der Waals surface area contributed by atoms with Crippen LogP contribution in [0, 0.1) is 0 Å². The molecule has 0 N–H and O–H groups in total. The van der Waals surface area contributed by atoms with Crippen LogP contribution in [-0.2, 0) is 18.6 Å². The topological polar surface area (TPSA) is 36.9 Å². The third-order valence-electron chi connectivity index (χ3n) is 7.70. The maximum absolute atomic E-state index is 6.41. The van der Waals surface area contributed by atoms with Gasteiger partial charge in [-0.1, -0.05) is 66.7 Å². The molecule has 2 aromatic carbocycles. The predicted octanol–water partition coefficient (Wildman–Crippen LogP) is 6.46. The molecule has 6 heteroatoms. The van der Waals surface area contributed by atoms with Gasteiger partial charge in [0.05, 0.1) is 22.4 Å². The van der Waals surface area contributed by atoms with E-state index in [9.17, 15) is 0 Å². The fraction of sp³-hybridized carbons (Fsp3) is 0.481. The van der Waals surface area contributed by atoms with E-state index >= 15 is 0 Å². The zero-order chi connectivity index (χ0) is 24.1. The Morgan fingerprint density at radius 2 is 0.970 bits per heavy atom. The zero-order valence-corrected chi connectivity index (χ0v) is 21.2. The van der Waals surface area contributed by atoms with Crippen LogP contribution in [0.3, 0.4) is 0 Å². The van der Waals surface area contributed by atoms with Gasteiger partial charge in [0.2, 0.25) is 0 Å². The van der Waals surface area contributed by atoms with E-state index in [1.54, 1.807) is 0 Å². The van der Waals surface area contributed by atoms with Crippen LogP contribution < -0.4 is 0 Å². The number of rotatable bonds is 5. The van der Waals surface area contributed by atoms with E-state index in [-0.39, 0.29) is 5.72 Å². The molecule has 174 valence electrons. The summed E-state index contributed by atoms with van der Waals surface area (Å²) in [5.41, 5.74) is 1.58. The summed E-state index contributed by atoms with van der Waals surface area (Å²) in [7, 11) is -0.936. The molecule has 0 bridgehead atoms. The second kappa shape index (κ2) is 8.42. The van der Waals surface area contributed by atoms with Crippen LogP contribution in [-0.4, -0.2) is 36.6 Å². The molecule has 0 aliphatic carbocycles. The molecular weight excluding hydrogens is 410 g/mol. The molecule has 2 aromatic rings. The Morgan fingerprint density at radius 3 is 1.39 bits per heavy atom. The quantitative estimate of drug-likeness (QED) is 0.494. The Bertz CT molecular complexity index is 929. The van der Waals surface area contributed by atoms with E-state index < -0.39 is 36.6 Å². The van der Waals surface area contributed by atoms with Crippen molar-refractivity contribution in [2.45, 2.75) is 83.5 Å². The number of allylic oxidation sites excluding steroid dienone is 1. The van der Waals surface area contributed by atoms with Crippen molar-refractivity contribution in [1.82, 2.24) is 0 Å². The van der Waals surface area contributed by atoms with Crippen molar-refractivity contribution < 1.29 is 18.6 Å². The molecule has 0 atom stereocenters. The third kappa shape index (κ3) is 4.72. The van der Waals surface area contributed by atoms with Gasteiger partial charge in [-0.25, -0.2) is 0 Å². The van der Waals surface area contributed by atoms with Crippen LogP contribution in [0.5, 0.6) is 0 Å². The van der Waals surface area contributed by atoms with Gasteiger partial charge in [0.1, 0.15) is 0 Å². The first-order valence-electron chi connectivity index (χ1n) is 11.9. The van der Waals surface area contributed by atoms with Crippen LogP contribution in [0.2, 0.25) is 5.72 Å². The molecule has 2 fully saturated rings. The highest BCUT2D eigenvalue weighted by Crippen LogP contribution is 2.46. The molecule has 2 aliphatic heterocycles. The summed E-state index contributed by atoms with van der Waals surface area (Å²) in [6, 6.07) is 18.9. The second-order valence-corrected chi connectivity index (χ2v) is 11.2. The predicted molar refractivity (Wildman–Crippen MR) is 137 cm³/mol. The number of hydrogen-bond donors (Lipinski definition) is 0. The fourth-order valence-corrected chi connectivity index (χ4v) is 4.04. The van der Waals surface area contributed by atoms with Gasteiger partial charge in [0, 0.05) is 5.72 Å². The van der Waals surface area contributed by atoms with E-state index in [1.807, 2.05) is 6.07 Å². The Hall–Kier alpha value is -1.85. The van der Waals surface area contributed by atoms with E-state index in [4.69, 9.17) is 18.6 Å².